The minimum absolute atomic E-state index is 0.106. The van der Waals surface area contributed by atoms with E-state index in [9.17, 15) is 13.2 Å². The van der Waals surface area contributed by atoms with Crippen LogP contribution in [-0.2, 0) is 10.0 Å². The van der Waals surface area contributed by atoms with Crippen molar-refractivity contribution in [3.05, 3.63) is 84.7 Å². The van der Waals surface area contributed by atoms with Crippen LogP contribution in [0.1, 0.15) is 17.3 Å². The number of benzene rings is 3. The maximum Gasteiger partial charge on any atom is 0.253 e. The molecule has 0 atom stereocenters. The van der Waals surface area contributed by atoms with Crippen molar-refractivity contribution in [3.63, 3.8) is 0 Å². The number of imidazole rings is 1. The minimum Gasteiger partial charge on any atom is -0.494 e. The van der Waals surface area contributed by atoms with Gasteiger partial charge in [-0.2, -0.15) is 4.31 Å². The van der Waals surface area contributed by atoms with Crippen molar-refractivity contribution in [2.45, 2.75) is 11.8 Å². The number of rotatable bonds is 6. The molecule has 1 amide bonds. The third-order valence-corrected chi connectivity index (χ3v) is 8.06. The highest BCUT2D eigenvalue weighted by atomic mass is 32.2. The summed E-state index contributed by atoms with van der Waals surface area (Å²) >= 11 is 0. The maximum atomic E-state index is 13.1. The summed E-state index contributed by atoms with van der Waals surface area (Å²) in [6, 6.07) is 21.7. The lowest BCUT2D eigenvalue weighted by atomic mass is 10.1. The molecule has 0 aliphatic carbocycles. The summed E-state index contributed by atoms with van der Waals surface area (Å²) in [7, 11) is -3.63. The molecule has 1 aliphatic heterocycles. The van der Waals surface area contributed by atoms with Gasteiger partial charge in [-0.3, -0.25) is 9.36 Å². The van der Waals surface area contributed by atoms with Crippen molar-refractivity contribution >= 4 is 27.0 Å². The summed E-state index contributed by atoms with van der Waals surface area (Å²) in [6.07, 6.45) is 1.77. The van der Waals surface area contributed by atoms with Crippen molar-refractivity contribution in [3.8, 4) is 11.4 Å². The van der Waals surface area contributed by atoms with Gasteiger partial charge in [0.2, 0.25) is 10.0 Å². The predicted octanol–water partition coefficient (Wildman–Crippen LogP) is 3.57. The van der Waals surface area contributed by atoms with Crippen LogP contribution in [0.5, 0.6) is 5.75 Å². The van der Waals surface area contributed by atoms with Gasteiger partial charge in [0.15, 0.2) is 0 Å². The van der Waals surface area contributed by atoms with Gasteiger partial charge in [-0.15, -0.1) is 0 Å². The van der Waals surface area contributed by atoms with Crippen LogP contribution in [-0.4, -0.2) is 65.9 Å². The Hall–Kier alpha value is -3.69. The van der Waals surface area contributed by atoms with Gasteiger partial charge < -0.3 is 9.64 Å². The van der Waals surface area contributed by atoms with Crippen molar-refractivity contribution in [2.24, 2.45) is 0 Å². The molecule has 0 radical (unpaired) electrons. The first kappa shape index (κ1) is 23.1. The zero-order chi connectivity index (χ0) is 24.4. The second-order valence-electron chi connectivity index (χ2n) is 8.25. The Kier molecular flexibility index (Phi) is 6.27. The van der Waals surface area contributed by atoms with E-state index >= 15 is 0 Å². The Bertz CT molecular complexity index is 1440. The predicted molar refractivity (Wildman–Crippen MR) is 133 cm³/mol. The third kappa shape index (κ3) is 4.52. The van der Waals surface area contributed by atoms with Crippen molar-refractivity contribution in [2.75, 3.05) is 32.8 Å². The summed E-state index contributed by atoms with van der Waals surface area (Å²) in [6.45, 7) is 3.57. The quantitative estimate of drug-likeness (QED) is 0.413. The minimum atomic E-state index is -3.63. The van der Waals surface area contributed by atoms with Crippen LogP contribution >= 0.6 is 0 Å². The first-order chi connectivity index (χ1) is 17.0. The summed E-state index contributed by atoms with van der Waals surface area (Å²) in [5.41, 5.74) is 3.39. The molecule has 1 saturated heterocycles. The smallest absolute Gasteiger partial charge is 0.253 e. The zero-order valence-corrected chi connectivity index (χ0v) is 20.2. The molecule has 180 valence electrons. The number of ether oxygens (including phenoxy) is 1. The van der Waals surface area contributed by atoms with Gasteiger partial charge in [0.05, 0.1) is 22.5 Å². The Morgan fingerprint density at radius 2 is 1.60 bits per heavy atom. The molecule has 8 nitrogen and oxygen atoms in total. The number of carbonyl (C=O) groups is 1. The van der Waals surface area contributed by atoms with Gasteiger partial charge in [-0.05, 0) is 67.6 Å². The molecular formula is C26H26N4O4S. The van der Waals surface area contributed by atoms with Crippen LogP contribution in [0, 0.1) is 0 Å². The van der Waals surface area contributed by atoms with E-state index in [0.717, 1.165) is 16.7 Å². The Morgan fingerprint density at radius 1 is 0.914 bits per heavy atom. The maximum absolute atomic E-state index is 13.1. The molecule has 0 N–H and O–H groups in total. The molecule has 0 bridgehead atoms. The van der Waals surface area contributed by atoms with E-state index in [1.54, 1.807) is 47.6 Å². The first-order valence-electron chi connectivity index (χ1n) is 11.5. The highest BCUT2D eigenvalue weighted by Crippen LogP contribution is 2.22. The van der Waals surface area contributed by atoms with Crippen LogP contribution in [0.25, 0.3) is 16.7 Å². The normalized spacial score (nSPS) is 14.8. The van der Waals surface area contributed by atoms with Crippen molar-refractivity contribution in [1.29, 1.82) is 0 Å². The summed E-state index contributed by atoms with van der Waals surface area (Å²) in [5.74, 6) is 0.527. The number of hydrogen-bond acceptors (Lipinski definition) is 5. The fraction of sp³-hybridized carbons (Fsp3) is 0.231. The van der Waals surface area contributed by atoms with E-state index in [2.05, 4.69) is 4.98 Å². The molecule has 0 saturated carbocycles. The van der Waals surface area contributed by atoms with E-state index in [4.69, 9.17) is 4.74 Å². The number of fused-ring (bicyclic) bond motifs is 1. The van der Waals surface area contributed by atoms with Crippen molar-refractivity contribution < 1.29 is 17.9 Å². The highest BCUT2D eigenvalue weighted by molar-refractivity contribution is 7.89. The SMILES string of the molecule is CCOc1ccc(S(=O)(=O)N2CCN(C(=O)c3ccc(-n4cnc5ccccc54)cc3)CC2)cc1. The topological polar surface area (TPSA) is 84.7 Å². The average molecular weight is 491 g/mol. The largest absolute Gasteiger partial charge is 0.494 e. The molecular weight excluding hydrogens is 464 g/mol. The van der Waals surface area contributed by atoms with Crippen LogP contribution in [0.4, 0.5) is 0 Å². The van der Waals surface area contributed by atoms with E-state index < -0.39 is 10.0 Å². The molecule has 9 heteroatoms. The summed E-state index contributed by atoms with van der Waals surface area (Å²) in [5, 5.41) is 0. The lowest BCUT2D eigenvalue weighted by Crippen LogP contribution is -2.50. The first-order valence-corrected chi connectivity index (χ1v) is 13.0. The summed E-state index contributed by atoms with van der Waals surface area (Å²) < 4.78 is 34.8. The Balaban J connectivity index is 1.24. The zero-order valence-electron chi connectivity index (χ0n) is 19.4. The second-order valence-corrected chi connectivity index (χ2v) is 10.2. The van der Waals surface area contributed by atoms with Crippen LogP contribution < -0.4 is 4.74 Å². The van der Waals surface area contributed by atoms with Gasteiger partial charge >= 0.3 is 0 Å². The number of nitrogens with zero attached hydrogens (tertiary/aromatic N) is 4. The van der Waals surface area contributed by atoms with E-state index in [1.165, 1.54) is 4.31 Å². The number of amides is 1. The molecule has 1 aromatic heterocycles. The van der Waals surface area contributed by atoms with Gasteiger partial charge in [0, 0.05) is 37.4 Å². The monoisotopic (exact) mass is 490 g/mol. The lowest BCUT2D eigenvalue weighted by molar-refractivity contribution is 0.0698. The molecule has 1 fully saturated rings. The molecule has 2 heterocycles. The third-order valence-electron chi connectivity index (χ3n) is 6.14. The van der Waals surface area contributed by atoms with Crippen LogP contribution in [0.15, 0.2) is 84.0 Å². The Morgan fingerprint density at radius 3 is 2.29 bits per heavy atom. The van der Waals surface area contributed by atoms with E-state index in [-0.39, 0.29) is 23.9 Å². The number of carbonyl (C=O) groups excluding carboxylic acids is 1. The summed E-state index contributed by atoms with van der Waals surface area (Å²) in [4.78, 5) is 19.4. The molecule has 0 unspecified atom stereocenters. The van der Waals surface area contributed by atoms with Crippen molar-refractivity contribution in [1.82, 2.24) is 18.8 Å². The van der Waals surface area contributed by atoms with Crippen LogP contribution in [0.3, 0.4) is 0 Å². The number of hydrogen-bond donors (Lipinski definition) is 0. The Labute approximate surface area is 204 Å². The van der Waals surface area contributed by atoms with Gasteiger partial charge in [0.1, 0.15) is 12.1 Å². The van der Waals surface area contributed by atoms with E-state index in [1.807, 2.05) is 47.9 Å². The number of aromatic nitrogens is 2. The molecule has 1 aliphatic rings. The van der Waals surface area contributed by atoms with Gasteiger partial charge in [-0.1, -0.05) is 12.1 Å². The fourth-order valence-corrected chi connectivity index (χ4v) is 5.69. The highest BCUT2D eigenvalue weighted by Gasteiger charge is 2.30. The second kappa shape index (κ2) is 9.52. The average Bonchev–Trinajstić information content (AvgIpc) is 3.33. The van der Waals surface area contributed by atoms with Crippen LogP contribution in [0.2, 0.25) is 0 Å². The number of para-hydroxylation sites is 2. The van der Waals surface area contributed by atoms with Gasteiger partial charge in [0.25, 0.3) is 5.91 Å². The molecule has 35 heavy (non-hydrogen) atoms. The number of sulfonamides is 1. The van der Waals surface area contributed by atoms with Gasteiger partial charge in [-0.25, -0.2) is 13.4 Å². The molecule has 5 rings (SSSR count). The molecule has 0 spiro atoms. The van der Waals surface area contributed by atoms with E-state index in [0.29, 0.717) is 31.0 Å². The molecule has 4 aromatic rings. The number of piperazine rings is 1. The fourth-order valence-electron chi connectivity index (χ4n) is 4.27. The lowest BCUT2D eigenvalue weighted by Gasteiger charge is -2.34. The molecule has 3 aromatic carbocycles. The standard InChI is InChI=1S/C26H26N4O4S/c1-2-34-22-11-13-23(14-12-22)35(32,33)29-17-15-28(16-18-29)26(31)20-7-9-21(10-8-20)30-19-27-24-5-3-4-6-25(24)30/h3-14,19H,2,15-18H2,1H3.